The van der Waals surface area contributed by atoms with Crippen LogP contribution in [0.15, 0.2) is 4.99 Å². The van der Waals surface area contributed by atoms with Crippen molar-refractivity contribution in [2.24, 2.45) is 10.7 Å². The Morgan fingerprint density at radius 3 is 2.91 bits per heavy atom. The van der Waals surface area contributed by atoms with Crippen LogP contribution in [0.4, 0.5) is 0 Å². The van der Waals surface area contributed by atoms with Gasteiger partial charge in [-0.15, -0.1) is 34.2 Å². The molecule has 0 spiro atoms. The van der Waals surface area contributed by atoms with E-state index >= 15 is 0 Å². The summed E-state index contributed by atoms with van der Waals surface area (Å²) in [5.41, 5.74) is 5.89. The second-order valence-corrected chi connectivity index (χ2v) is 6.00. The number of aryl methyl sites for hydroxylation is 1. The van der Waals surface area contributed by atoms with E-state index in [9.17, 15) is 0 Å². The van der Waals surface area contributed by atoms with Gasteiger partial charge in [0.25, 0.3) is 0 Å². The standard InChI is InChI=1S/C16H30N6.HI/c1-2-3-4-7-11-18-16(17)19-12-10-15-21-20-14-9-6-5-8-13-22(14)15;/h2-13H2,1H3,(H3,17,18,19);1H. The average Bonchev–Trinajstić information content (AvgIpc) is 2.75. The number of nitrogens with zero attached hydrogens (tertiary/aromatic N) is 4. The van der Waals surface area contributed by atoms with Crippen LogP contribution in [0.3, 0.4) is 0 Å². The molecule has 1 aromatic heterocycles. The van der Waals surface area contributed by atoms with Crippen molar-refractivity contribution in [3.63, 3.8) is 0 Å². The summed E-state index contributed by atoms with van der Waals surface area (Å²) in [6.07, 6.45) is 10.5. The fourth-order valence-electron chi connectivity index (χ4n) is 2.83. The van der Waals surface area contributed by atoms with Gasteiger partial charge in [0.1, 0.15) is 11.6 Å². The van der Waals surface area contributed by atoms with Crippen LogP contribution in [0.2, 0.25) is 0 Å². The predicted octanol–water partition coefficient (Wildman–Crippen LogP) is 2.65. The molecule has 3 N–H and O–H groups in total. The van der Waals surface area contributed by atoms with Crippen molar-refractivity contribution in [1.82, 2.24) is 20.1 Å². The molecule has 0 amide bonds. The second kappa shape index (κ2) is 11.6. The third-order valence-electron chi connectivity index (χ3n) is 4.13. The molecule has 0 unspecified atom stereocenters. The first-order chi connectivity index (χ1) is 10.8. The van der Waals surface area contributed by atoms with Crippen molar-refractivity contribution >= 4 is 29.9 Å². The van der Waals surface area contributed by atoms with E-state index in [2.05, 4.69) is 32.0 Å². The monoisotopic (exact) mass is 434 g/mol. The van der Waals surface area contributed by atoms with Crippen LogP contribution in [-0.4, -0.2) is 33.8 Å². The van der Waals surface area contributed by atoms with Gasteiger partial charge in [-0.1, -0.05) is 32.6 Å². The molecule has 0 saturated carbocycles. The molecule has 0 atom stereocenters. The number of hydrogen-bond acceptors (Lipinski definition) is 3. The molecule has 0 aliphatic carbocycles. The zero-order valence-corrected chi connectivity index (χ0v) is 16.6. The number of unbranched alkanes of at least 4 members (excludes halogenated alkanes) is 3. The van der Waals surface area contributed by atoms with Gasteiger partial charge in [0.2, 0.25) is 0 Å². The third-order valence-corrected chi connectivity index (χ3v) is 4.13. The van der Waals surface area contributed by atoms with E-state index in [0.29, 0.717) is 5.96 Å². The Labute approximate surface area is 156 Å². The quantitative estimate of drug-likeness (QED) is 0.285. The van der Waals surface area contributed by atoms with Gasteiger partial charge in [0.05, 0.1) is 0 Å². The highest BCUT2D eigenvalue weighted by molar-refractivity contribution is 14.0. The fraction of sp³-hybridized carbons (Fsp3) is 0.812. The van der Waals surface area contributed by atoms with Crippen molar-refractivity contribution in [3.8, 4) is 0 Å². The molecule has 132 valence electrons. The van der Waals surface area contributed by atoms with E-state index in [4.69, 9.17) is 5.73 Å². The van der Waals surface area contributed by atoms with Crippen molar-refractivity contribution in [3.05, 3.63) is 11.6 Å². The van der Waals surface area contributed by atoms with Gasteiger partial charge in [-0.2, -0.15) is 0 Å². The molecule has 0 aromatic carbocycles. The van der Waals surface area contributed by atoms with Gasteiger partial charge in [-0.05, 0) is 19.3 Å². The highest BCUT2D eigenvalue weighted by Gasteiger charge is 2.13. The minimum Gasteiger partial charge on any atom is -0.370 e. The molecule has 0 saturated heterocycles. The van der Waals surface area contributed by atoms with Gasteiger partial charge < -0.3 is 15.6 Å². The zero-order chi connectivity index (χ0) is 15.6. The first-order valence-corrected chi connectivity index (χ1v) is 8.76. The molecule has 2 rings (SSSR count). The van der Waals surface area contributed by atoms with Crippen molar-refractivity contribution in [1.29, 1.82) is 0 Å². The van der Waals surface area contributed by atoms with Crippen molar-refractivity contribution < 1.29 is 0 Å². The van der Waals surface area contributed by atoms with Crippen LogP contribution in [0, 0.1) is 0 Å². The van der Waals surface area contributed by atoms with E-state index in [0.717, 1.165) is 50.5 Å². The topological polar surface area (TPSA) is 81.1 Å². The Balaban J connectivity index is 0.00000264. The van der Waals surface area contributed by atoms with E-state index in [-0.39, 0.29) is 24.0 Å². The van der Waals surface area contributed by atoms with Crippen LogP contribution in [0.25, 0.3) is 0 Å². The minimum absolute atomic E-state index is 0. The normalized spacial score (nSPS) is 14.7. The lowest BCUT2D eigenvalue weighted by atomic mass is 10.2. The first-order valence-electron chi connectivity index (χ1n) is 8.76. The number of rotatable bonds is 8. The predicted molar refractivity (Wildman–Crippen MR) is 105 cm³/mol. The zero-order valence-electron chi connectivity index (χ0n) is 14.3. The van der Waals surface area contributed by atoms with E-state index in [1.165, 1.54) is 38.5 Å². The molecule has 0 bridgehead atoms. The number of halogens is 1. The molecular weight excluding hydrogens is 403 g/mol. The summed E-state index contributed by atoms with van der Waals surface area (Å²) in [4.78, 5) is 4.36. The van der Waals surface area contributed by atoms with Crippen LogP contribution in [0.1, 0.15) is 63.5 Å². The van der Waals surface area contributed by atoms with Gasteiger partial charge in [0, 0.05) is 32.5 Å². The number of fused-ring (bicyclic) bond motifs is 1. The number of nitrogens with two attached hydrogens (primary N) is 1. The second-order valence-electron chi connectivity index (χ2n) is 6.00. The average molecular weight is 434 g/mol. The van der Waals surface area contributed by atoms with Gasteiger partial charge in [-0.25, -0.2) is 0 Å². The first kappa shape index (κ1) is 20.2. The van der Waals surface area contributed by atoms with Gasteiger partial charge in [0.15, 0.2) is 5.96 Å². The lowest BCUT2D eigenvalue weighted by Crippen LogP contribution is -2.33. The minimum atomic E-state index is 0. The molecule has 1 aliphatic heterocycles. The molecule has 23 heavy (non-hydrogen) atoms. The highest BCUT2D eigenvalue weighted by Crippen LogP contribution is 2.14. The van der Waals surface area contributed by atoms with Crippen LogP contribution < -0.4 is 11.1 Å². The lowest BCUT2D eigenvalue weighted by Gasteiger charge is -2.08. The van der Waals surface area contributed by atoms with Gasteiger partial charge >= 0.3 is 0 Å². The Kier molecular flexibility index (Phi) is 10.2. The Morgan fingerprint density at radius 2 is 2.09 bits per heavy atom. The smallest absolute Gasteiger partial charge is 0.188 e. The van der Waals surface area contributed by atoms with Crippen molar-refractivity contribution in [2.75, 3.05) is 13.1 Å². The fourth-order valence-corrected chi connectivity index (χ4v) is 2.83. The summed E-state index contributed by atoms with van der Waals surface area (Å²) in [6, 6.07) is 0. The van der Waals surface area contributed by atoms with Crippen LogP contribution in [0.5, 0.6) is 0 Å². The van der Waals surface area contributed by atoms with E-state index < -0.39 is 0 Å². The molecular formula is C16H31IN6. The molecule has 1 aliphatic rings. The molecule has 2 heterocycles. The Bertz CT molecular complexity index is 471. The summed E-state index contributed by atoms with van der Waals surface area (Å²) < 4.78 is 2.28. The number of nitrogens with one attached hydrogen (secondary N) is 1. The SMILES string of the molecule is CCCCCCN=C(N)NCCc1nnc2n1CCCCC2.I. The maximum absolute atomic E-state index is 5.89. The maximum Gasteiger partial charge on any atom is 0.188 e. The lowest BCUT2D eigenvalue weighted by molar-refractivity contribution is 0.601. The molecule has 1 aromatic rings. The van der Waals surface area contributed by atoms with Crippen molar-refractivity contribution in [2.45, 2.75) is 71.3 Å². The number of aliphatic imine (C=N–C) groups is 1. The third kappa shape index (κ3) is 7.05. The van der Waals surface area contributed by atoms with Gasteiger partial charge in [-0.3, -0.25) is 4.99 Å². The molecule has 0 radical (unpaired) electrons. The largest absolute Gasteiger partial charge is 0.370 e. The number of hydrogen-bond donors (Lipinski definition) is 2. The Morgan fingerprint density at radius 1 is 1.22 bits per heavy atom. The summed E-state index contributed by atoms with van der Waals surface area (Å²) >= 11 is 0. The molecule has 7 heteroatoms. The molecule has 6 nitrogen and oxygen atoms in total. The summed E-state index contributed by atoms with van der Waals surface area (Å²) in [6.45, 7) is 4.85. The summed E-state index contributed by atoms with van der Waals surface area (Å²) in [5.74, 6) is 2.76. The van der Waals surface area contributed by atoms with E-state index in [1.54, 1.807) is 0 Å². The maximum atomic E-state index is 5.89. The number of aromatic nitrogens is 3. The highest BCUT2D eigenvalue weighted by atomic mass is 127. The summed E-state index contributed by atoms with van der Waals surface area (Å²) in [5, 5.41) is 11.8. The summed E-state index contributed by atoms with van der Waals surface area (Å²) in [7, 11) is 0. The number of guanidine groups is 1. The van der Waals surface area contributed by atoms with Crippen LogP contribution >= 0.6 is 24.0 Å². The Hall–Kier alpha value is -0.860. The van der Waals surface area contributed by atoms with E-state index in [1.807, 2.05) is 0 Å². The van der Waals surface area contributed by atoms with Crippen LogP contribution in [-0.2, 0) is 19.4 Å². The molecule has 0 fully saturated rings.